The quantitative estimate of drug-likeness (QED) is 0.591. The van der Waals surface area contributed by atoms with Gasteiger partial charge in [-0.05, 0) is 18.2 Å². The number of aromatic nitrogens is 1. The van der Waals surface area contributed by atoms with Crippen molar-refractivity contribution in [1.29, 1.82) is 5.26 Å². The summed E-state index contributed by atoms with van der Waals surface area (Å²) in [4.78, 5) is 18.9. The second-order valence-electron chi connectivity index (χ2n) is 4.86. The molecule has 4 N–H and O–H groups in total. The highest BCUT2D eigenvalue weighted by molar-refractivity contribution is 7.90. The first kappa shape index (κ1) is 17.9. The summed E-state index contributed by atoms with van der Waals surface area (Å²) < 4.78 is 29.6. The number of benzene rings is 1. The van der Waals surface area contributed by atoms with E-state index in [9.17, 15) is 18.5 Å². The molecular formula is C15H13N5O4S. The van der Waals surface area contributed by atoms with Crippen LogP contribution >= 0.6 is 0 Å². The molecular weight excluding hydrogens is 346 g/mol. The highest BCUT2D eigenvalue weighted by atomic mass is 32.2. The summed E-state index contributed by atoms with van der Waals surface area (Å²) in [6.07, 6.45) is 3.83. The van der Waals surface area contributed by atoms with Crippen molar-refractivity contribution in [3.8, 4) is 17.6 Å². The molecule has 1 amide bonds. The number of rotatable bonds is 4. The SMILES string of the molecule is CS(=O)(=O)c1cc(C(=O)N=C(N)N)c(C#N)cc1Oc1cccnc1. The minimum Gasteiger partial charge on any atom is -0.454 e. The summed E-state index contributed by atoms with van der Waals surface area (Å²) in [6, 6.07) is 7.09. The summed E-state index contributed by atoms with van der Waals surface area (Å²) in [5.74, 6) is -1.30. The molecule has 1 heterocycles. The van der Waals surface area contributed by atoms with E-state index in [-0.39, 0.29) is 27.5 Å². The molecule has 1 aromatic heterocycles. The second-order valence-corrected chi connectivity index (χ2v) is 6.85. The van der Waals surface area contributed by atoms with Crippen molar-refractivity contribution in [3.63, 3.8) is 0 Å². The average molecular weight is 359 g/mol. The van der Waals surface area contributed by atoms with E-state index >= 15 is 0 Å². The maximum atomic E-state index is 12.1. The molecule has 0 saturated carbocycles. The lowest BCUT2D eigenvalue weighted by Gasteiger charge is -2.12. The summed E-state index contributed by atoms with van der Waals surface area (Å²) >= 11 is 0. The number of hydrogen-bond acceptors (Lipinski definition) is 6. The lowest BCUT2D eigenvalue weighted by atomic mass is 10.1. The van der Waals surface area contributed by atoms with Gasteiger partial charge >= 0.3 is 0 Å². The Labute approximate surface area is 143 Å². The Hall–Kier alpha value is -3.45. The zero-order chi connectivity index (χ0) is 18.6. The first-order valence-corrected chi connectivity index (χ1v) is 8.61. The van der Waals surface area contributed by atoms with E-state index < -0.39 is 21.7 Å². The highest BCUT2D eigenvalue weighted by Gasteiger charge is 2.22. The predicted octanol–water partition coefficient (Wildman–Crippen LogP) is 0.563. The predicted molar refractivity (Wildman–Crippen MR) is 88.7 cm³/mol. The molecule has 0 aliphatic carbocycles. The van der Waals surface area contributed by atoms with Crippen molar-refractivity contribution in [2.75, 3.05) is 6.26 Å². The molecule has 0 atom stereocenters. The van der Waals surface area contributed by atoms with Gasteiger partial charge in [0.15, 0.2) is 15.8 Å². The standard InChI is InChI=1S/C15H13N5O4S/c1-25(22,23)13-6-11(14(21)20-15(17)18)9(7-16)5-12(13)24-10-3-2-4-19-8-10/h2-6,8H,1H3,(H4,17,18,20,21). The zero-order valence-corrected chi connectivity index (χ0v) is 13.8. The molecule has 0 fully saturated rings. The highest BCUT2D eigenvalue weighted by Crippen LogP contribution is 2.31. The maximum Gasteiger partial charge on any atom is 0.281 e. The number of nitrogens with zero attached hydrogens (tertiary/aromatic N) is 3. The molecule has 2 aromatic rings. The number of aliphatic imine (C=N–C) groups is 1. The molecule has 1 aromatic carbocycles. The van der Waals surface area contributed by atoms with Crippen LogP contribution in [0, 0.1) is 11.3 Å². The van der Waals surface area contributed by atoms with Gasteiger partial charge in [0.2, 0.25) is 0 Å². The van der Waals surface area contributed by atoms with Gasteiger partial charge < -0.3 is 16.2 Å². The number of amides is 1. The third kappa shape index (κ3) is 4.30. The van der Waals surface area contributed by atoms with Gasteiger partial charge in [-0.2, -0.15) is 10.3 Å². The van der Waals surface area contributed by atoms with Gasteiger partial charge in [0.05, 0.1) is 17.3 Å². The fourth-order valence-electron chi connectivity index (χ4n) is 1.91. The summed E-state index contributed by atoms with van der Waals surface area (Å²) in [7, 11) is -3.78. The summed E-state index contributed by atoms with van der Waals surface area (Å²) in [6.45, 7) is 0. The molecule has 0 unspecified atom stereocenters. The van der Waals surface area contributed by atoms with Crippen LogP contribution in [0.15, 0.2) is 46.5 Å². The van der Waals surface area contributed by atoms with Gasteiger partial charge in [0, 0.05) is 18.5 Å². The van der Waals surface area contributed by atoms with E-state index in [0.717, 1.165) is 18.4 Å². The van der Waals surface area contributed by atoms with E-state index in [0.29, 0.717) is 0 Å². The number of ether oxygens (including phenoxy) is 1. The number of nitriles is 1. The van der Waals surface area contributed by atoms with Gasteiger partial charge in [-0.15, -0.1) is 0 Å². The number of carbonyl (C=O) groups is 1. The van der Waals surface area contributed by atoms with E-state index in [2.05, 4.69) is 9.98 Å². The second kappa shape index (κ2) is 6.98. The Bertz CT molecular complexity index is 991. The van der Waals surface area contributed by atoms with Crippen LogP contribution in [0.25, 0.3) is 0 Å². The van der Waals surface area contributed by atoms with Crippen molar-refractivity contribution in [1.82, 2.24) is 4.98 Å². The normalized spacial score (nSPS) is 10.6. The number of hydrogen-bond donors (Lipinski definition) is 2. The number of carbonyl (C=O) groups excluding carboxylic acids is 1. The fourth-order valence-corrected chi connectivity index (χ4v) is 2.71. The van der Waals surface area contributed by atoms with Gasteiger partial charge in [-0.3, -0.25) is 9.78 Å². The lowest BCUT2D eigenvalue weighted by Crippen LogP contribution is -2.24. The molecule has 0 aliphatic heterocycles. The molecule has 0 aliphatic rings. The molecule has 2 rings (SSSR count). The van der Waals surface area contributed by atoms with Crippen LogP contribution in [-0.4, -0.2) is 31.5 Å². The third-order valence-electron chi connectivity index (χ3n) is 2.93. The monoisotopic (exact) mass is 359 g/mol. The topological polar surface area (TPSA) is 162 Å². The minimum absolute atomic E-state index is 0.117. The Morgan fingerprint density at radius 2 is 2.08 bits per heavy atom. The number of guanidine groups is 1. The van der Waals surface area contributed by atoms with Crippen molar-refractivity contribution >= 4 is 21.7 Å². The van der Waals surface area contributed by atoms with Crippen molar-refractivity contribution in [3.05, 3.63) is 47.8 Å². The van der Waals surface area contributed by atoms with Crippen LogP contribution in [0.3, 0.4) is 0 Å². The van der Waals surface area contributed by atoms with Crippen LogP contribution in [0.5, 0.6) is 11.5 Å². The van der Waals surface area contributed by atoms with Crippen molar-refractivity contribution < 1.29 is 17.9 Å². The average Bonchev–Trinajstić information content (AvgIpc) is 2.53. The van der Waals surface area contributed by atoms with Gasteiger partial charge in [0.25, 0.3) is 5.91 Å². The van der Waals surface area contributed by atoms with Gasteiger partial charge in [0.1, 0.15) is 22.5 Å². The van der Waals surface area contributed by atoms with E-state index in [1.54, 1.807) is 18.2 Å². The first-order chi connectivity index (χ1) is 11.7. The Morgan fingerprint density at radius 3 is 2.60 bits per heavy atom. The van der Waals surface area contributed by atoms with Crippen LogP contribution in [0.2, 0.25) is 0 Å². The third-order valence-corrected chi connectivity index (χ3v) is 4.05. The minimum atomic E-state index is -3.78. The first-order valence-electron chi connectivity index (χ1n) is 6.72. The van der Waals surface area contributed by atoms with Gasteiger partial charge in [-0.1, -0.05) is 0 Å². The largest absolute Gasteiger partial charge is 0.454 e. The van der Waals surface area contributed by atoms with Crippen LogP contribution in [0.1, 0.15) is 15.9 Å². The van der Waals surface area contributed by atoms with E-state index in [1.165, 1.54) is 12.4 Å². The number of sulfone groups is 1. The zero-order valence-electron chi connectivity index (χ0n) is 13.0. The van der Waals surface area contributed by atoms with Crippen molar-refractivity contribution in [2.45, 2.75) is 4.90 Å². The van der Waals surface area contributed by atoms with Gasteiger partial charge in [-0.25, -0.2) is 8.42 Å². The van der Waals surface area contributed by atoms with Crippen LogP contribution in [0.4, 0.5) is 0 Å². The van der Waals surface area contributed by atoms with Crippen molar-refractivity contribution in [2.24, 2.45) is 16.5 Å². The Balaban J connectivity index is 2.67. The summed E-state index contributed by atoms with van der Waals surface area (Å²) in [5, 5.41) is 9.26. The molecule has 10 heteroatoms. The fraction of sp³-hybridized carbons (Fsp3) is 0.0667. The smallest absolute Gasteiger partial charge is 0.281 e. The van der Waals surface area contributed by atoms with E-state index in [4.69, 9.17) is 16.2 Å². The summed E-state index contributed by atoms with van der Waals surface area (Å²) in [5.41, 5.74) is 9.91. The molecule has 0 radical (unpaired) electrons. The van der Waals surface area contributed by atoms with Crippen LogP contribution in [-0.2, 0) is 9.84 Å². The molecule has 128 valence electrons. The maximum absolute atomic E-state index is 12.1. The molecule has 0 bridgehead atoms. The Morgan fingerprint density at radius 1 is 1.36 bits per heavy atom. The molecule has 25 heavy (non-hydrogen) atoms. The lowest BCUT2D eigenvalue weighted by molar-refractivity contribution is 0.100. The number of nitrogens with two attached hydrogens (primary N) is 2. The molecule has 9 nitrogen and oxygen atoms in total. The van der Waals surface area contributed by atoms with Crippen LogP contribution < -0.4 is 16.2 Å². The molecule has 0 spiro atoms. The van der Waals surface area contributed by atoms with E-state index in [1.807, 2.05) is 0 Å². The Kier molecular flexibility index (Phi) is 5.00. The molecule has 0 saturated heterocycles. The number of pyridine rings is 1.